The second-order valence-electron chi connectivity index (χ2n) is 4.54. The van der Waals surface area contributed by atoms with Crippen LogP contribution in [0.25, 0.3) is 5.65 Å². The van der Waals surface area contributed by atoms with Gasteiger partial charge < -0.3 is 24.0 Å². The van der Waals surface area contributed by atoms with Gasteiger partial charge in [0, 0.05) is 24.5 Å². The quantitative estimate of drug-likeness (QED) is 0.614. The molecule has 0 saturated heterocycles. The molecule has 10 heteroatoms. The molecule has 0 bridgehead atoms. The lowest BCUT2D eigenvalue weighted by atomic mass is 10.3. The largest absolute Gasteiger partial charge is 0.341 e. The fourth-order valence-corrected chi connectivity index (χ4v) is 4.32. The van der Waals surface area contributed by atoms with Crippen molar-refractivity contribution in [2.24, 2.45) is 0 Å². The van der Waals surface area contributed by atoms with E-state index in [1.54, 1.807) is 22.7 Å². The van der Waals surface area contributed by atoms with Crippen LogP contribution in [0.15, 0.2) is 24.5 Å². The zero-order valence-electron chi connectivity index (χ0n) is 10.5. The van der Waals surface area contributed by atoms with Gasteiger partial charge in [0.15, 0.2) is 5.40 Å². The summed E-state index contributed by atoms with van der Waals surface area (Å²) in [6.45, 7) is 1.86. The summed E-state index contributed by atoms with van der Waals surface area (Å²) in [6, 6.07) is 3.52. The summed E-state index contributed by atoms with van der Waals surface area (Å²) in [5.41, 5.74) is 1.84. The summed E-state index contributed by atoms with van der Waals surface area (Å²) in [6.07, 6.45) is 2.54. The highest BCUT2D eigenvalue weighted by Gasteiger charge is 2.43. The van der Waals surface area contributed by atoms with Gasteiger partial charge in [0.2, 0.25) is 0 Å². The molecule has 0 spiro atoms. The molecule has 8 nitrogen and oxygen atoms in total. The smallest absolute Gasteiger partial charge is 0.324 e. The summed E-state index contributed by atoms with van der Waals surface area (Å²) < 4.78 is 24.1. The molecule has 2 heterocycles. The van der Waals surface area contributed by atoms with Crippen LogP contribution in [0, 0.1) is 6.92 Å². The predicted octanol–water partition coefficient (Wildman–Crippen LogP) is 0.867. The summed E-state index contributed by atoms with van der Waals surface area (Å²) in [7, 11) is -9.86. The van der Waals surface area contributed by atoms with Gasteiger partial charge in [-0.2, -0.15) is 0 Å². The highest BCUT2D eigenvalue weighted by molar-refractivity contribution is 7.70. The maximum atomic E-state index is 11.3. The zero-order chi connectivity index (χ0) is 15.1. The number of hydrogen-bond donors (Lipinski definition) is 4. The second-order valence-corrected chi connectivity index (χ2v) is 8.56. The number of hydrogen-bond acceptors (Lipinski definition) is 3. The fraction of sp³-hybridized carbons (Fsp3) is 0.300. The standard InChI is InChI=1S/C10H14N2O6P2/c1-7-2-3-12-8(6-11-9(12)4-7)5-10(19(13,14)15)20(16,17)18/h2-4,6,10H,5H2,1H3,(H2,13,14,15)(H2,16,17,18). The van der Waals surface area contributed by atoms with Crippen molar-refractivity contribution in [1.29, 1.82) is 0 Å². The maximum absolute atomic E-state index is 11.3. The monoisotopic (exact) mass is 320 g/mol. The third-order valence-corrected chi connectivity index (χ3v) is 6.64. The summed E-state index contributed by atoms with van der Waals surface area (Å²) in [5, 5.41) is -2.06. The molecular formula is C10H14N2O6P2. The Labute approximate surface area is 114 Å². The number of imidazole rings is 1. The topological polar surface area (TPSA) is 132 Å². The lowest BCUT2D eigenvalue weighted by molar-refractivity contribution is 0.337. The third-order valence-electron chi connectivity index (χ3n) is 2.91. The van der Waals surface area contributed by atoms with Gasteiger partial charge in [-0.25, -0.2) is 4.98 Å². The number of aryl methyl sites for hydroxylation is 1. The van der Waals surface area contributed by atoms with Crippen molar-refractivity contribution >= 4 is 20.8 Å². The highest BCUT2D eigenvalue weighted by Crippen LogP contribution is 2.60. The van der Waals surface area contributed by atoms with Crippen molar-refractivity contribution in [2.45, 2.75) is 18.7 Å². The van der Waals surface area contributed by atoms with Crippen molar-refractivity contribution in [1.82, 2.24) is 9.38 Å². The van der Waals surface area contributed by atoms with Crippen molar-refractivity contribution in [3.05, 3.63) is 35.8 Å². The van der Waals surface area contributed by atoms with Gasteiger partial charge >= 0.3 is 15.2 Å². The molecule has 2 aromatic rings. The van der Waals surface area contributed by atoms with Gasteiger partial charge in [-0.15, -0.1) is 0 Å². The first-order valence-electron chi connectivity index (χ1n) is 5.62. The number of pyridine rings is 1. The van der Waals surface area contributed by atoms with E-state index in [0.29, 0.717) is 11.3 Å². The van der Waals surface area contributed by atoms with E-state index < -0.39 is 27.0 Å². The minimum Gasteiger partial charge on any atom is -0.324 e. The molecule has 0 amide bonds. The van der Waals surface area contributed by atoms with Crippen LogP contribution < -0.4 is 0 Å². The highest BCUT2D eigenvalue weighted by atomic mass is 31.2. The molecular weight excluding hydrogens is 306 g/mol. The van der Waals surface area contributed by atoms with Crippen molar-refractivity contribution in [3.8, 4) is 0 Å². The first kappa shape index (κ1) is 15.4. The van der Waals surface area contributed by atoms with E-state index in [0.717, 1.165) is 5.56 Å². The summed E-state index contributed by atoms with van der Waals surface area (Å²) >= 11 is 0. The van der Waals surface area contributed by atoms with Crippen LogP contribution in [-0.2, 0) is 15.6 Å². The average molecular weight is 320 g/mol. The average Bonchev–Trinajstić information content (AvgIpc) is 2.64. The van der Waals surface area contributed by atoms with Gasteiger partial charge in [0.1, 0.15) is 5.65 Å². The molecule has 0 fully saturated rings. The Morgan fingerprint density at radius 1 is 1.25 bits per heavy atom. The normalized spacial score (nSPS) is 13.3. The zero-order valence-corrected chi connectivity index (χ0v) is 12.3. The van der Waals surface area contributed by atoms with Crippen LogP contribution >= 0.6 is 15.2 Å². The van der Waals surface area contributed by atoms with Gasteiger partial charge in [-0.3, -0.25) is 9.13 Å². The van der Waals surface area contributed by atoms with Crippen LogP contribution in [0.4, 0.5) is 0 Å². The van der Waals surface area contributed by atoms with E-state index in [1.807, 2.05) is 6.92 Å². The Kier molecular flexibility index (Phi) is 3.90. The fourth-order valence-electron chi connectivity index (χ4n) is 1.91. The van der Waals surface area contributed by atoms with E-state index >= 15 is 0 Å². The molecule has 0 saturated carbocycles. The van der Waals surface area contributed by atoms with Crippen molar-refractivity contribution in [2.75, 3.05) is 0 Å². The molecule has 0 atom stereocenters. The van der Waals surface area contributed by atoms with Crippen LogP contribution in [-0.4, -0.2) is 34.4 Å². The van der Waals surface area contributed by atoms with Crippen LogP contribution in [0.2, 0.25) is 0 Å². The second kappa shape index (κ2) is 5.07. The first-order chi connectivity index (χ1) is 9.09. The molecule has 20 heavy (non-hydrogen) atoms. The SMILES string of the molecule is Cc1ccn2c(CC(P(=O)(O)O)P(=O)(O)O)cnc2c1. The van der Waals surface area contributed by atoms with E-state index in [-0.39, 0.29) is 0 Å². The van der Waals surface area contributed by atoms with Crippen LogP contribution in [0.1, 0.15) is 11.3 Å². The Morgan fingerprint density at radius 3 is 2.40 bits per heavy atom. The van der Waals surface area contributed by atoms with E-state index in [2.05, 4.69) is 4.98 Å². The van der Waals surface area contributed by atoms with Gasteiger partial charge in [0.25, 0.3) is 0 Å². The molecule has 2 rings (SSSR count). The number of nitrogens with zero attached hydrogens (tertiary/aromatic N) is 2. The van der Waals surface area contributed by atoms with E-state index in [9.17, 15) is 9.13 Å². The molecule has 2 aromatic heterocycles. The summed E-state index contributed by atoms with van der Waals surface area (Å²) in [4.78, 5) is 40.5. The number of aromatic nitrogens is 2. The van der Waals surface area contributed by atoms with Crippen molar-refractivity contribution < 1.29 is 28.7 Å². The number of rotatable bonds is 4. The summed E-state index contributed by atoms with van der Waals surface area (Å²) in [5.74, 6) is 0. The van der Waals surface area contributed by atoms with Crippen LogP contribution in [0.5, 0.6) is 0 Å². The van der Waals surface area contributed by atoms with Crippen LogP contribution in [0.3, 0.4) is 0 Å². The lowest BCUT2D eigenvalue weighted by Crippen LogP contribution is -2.14. The maximum Gasteiger partial charge on any atom is 0.341 e. The Balaban J connectivity index is 2.44. The van der Waals surface area contributed by atoms with E-state index in [4.69, 9.17) is 19.6 Å². The number of fused-ring (bicyclic) bond motifs is 1. The minimum absolute atomic E-state index is 0.330. The van der Waals surface area contributed by atoms with Gasteiger partial charge in [-0.05, 0) is 24.6 Å². The van der Waals surface area contributed by atoms with E-state index in [1.165, 1.54) is 6.20 Å². The molecule has 0 aliphatic carbocycles. The Bertz CT molecular complexity index is 708. The molecule has 4 N–H and O–H groups in total. The van der Waals surface area contributed by atoms with Crippen molar-refractivity contribution in [3.63, 3.8) is 0 Å². The van der Waals surface area contributed by atoms with Gasteiger partial charge in [0.05, 0.1) is 0 Å². The molecule has 0 aliphatic rings. The Morgan fingerprint density at radius 2 is 1.85 bits per heavy atom. The minimum atomic E-state index is -4.93. The Hall–Kier alpha value is -1.01. The third kappa shape index (κ3) is 3.17. The molecule has 0 aromatic carbocycles. The first-order valence-corrected chi connectivity index (χ1v) is 8.98. The lowest BCUT2D eigenvalue weighted by Gasteiger charge is -2.19. The molecule has 110 valence electrons. The molecule has 0 radical (unpaired) electrons. The molecule has 0 unspecified atom stereocenters. The predicted molar refractivity (Wildman–Crippen MR) is 71.5 cm³/mol. The molecule has 0 aliphatic heterocycles. The van der Waals surface area contributed by atoms with Gasteiger partial charge in [-0.1, -0.05) is 0 Å².